The summed E-state index contributed by atoms with van der Waals surface area (Å²) < 4.78 is 51.8. The van der Waals surface area contributed by atoms with Crippen LogP contribution in [0.3, 0.4) is 0 Å². The van der Waals surface area contributed by atoms with Crippen LogP contribution in [0, 0.1) is 0 Å². The van der Waals surface area contributed by atoms with E-state index in [1.165, 1.54) is 24.3 Å². The number of halogens is 2. The number of rotatable bonds is 6. The molecule has 0 aliphatic heterocycles. The number of aromatic hydroxyl groups is 1. The van der Waals surface area contributed by atoms with Crippen molar-refractivity contribution in [3.05, 3.63) is 36.7 Å². The Bertz CT molecular complexity index is 729. The van der Waals surface area contributed by atoms with Gasteiger partial charge >= 0.3 is 0 Å². The van der Waals surface area contributed by atoms with Crippen LogP contribution in [0.25, 0.3) is 0 Å². The number of hydrogen-bond acceptors (Lipinski definition) is 4. The second-order valence-electron chi connectivity index (χ2n) is 4.48. The summed E-state index contributed by atoms with van der Waals surface area (Å²) in [6.07, 6.45) is -0.499. The zero-order chi connectivity index (χ0) is 16.3. The van der Waals surface area contributed by atoms with Crippen LogP contribution < -0.4 is 4.31 Å². The standard InChI is InChI=1S/C13H15F2N3O3S/c1-2-18(10-3-5-11(19)6-4-10)22(20,21)12-7-16-17(8-12)9-13(14)15/h3-8,13,19H,2,9H2,1H3. The molecule has 0 unspecified atom stereocenters. The van der Waals surface area contributed by atoms with Crippen molar-refractivity contribution >= 4 is 15.7 Å². The first-order valence-corrected chi connectivity index (χ1v) is 7.91. The number of nitrogens with zero attached hydrogens (tertiary/aromatic N) is 3. The van der Waals surface area contributed by atoms with Gasteiger partial charge in [0, 0.05) is 12.7 Å². The van der Waals surface area contributed by atoms with Gasteiger partial charge in [0.2, 0.25) is 0 Å². The quantitative estimate of drug-likeness (QED) is 0.879. The van der Waals surface area contributed by atoms with E-state index in [1.807, 2.05) is 0 Å². The van der Waals surface area contributed by atoms with Crippen molar-refractivity contribution in [3.8, 4) is 5.75 Å². The lowest BCUT2D eigenvalue weighted by atomic mass is 10.3. The Kier molecular flexibility index (Phi) is 4.65. The van der Waals surface area contributed by atoms with Crippen LogP contribution in [-0.2, 0) is 16.6 Å². The van der Waals surface area contributed by atoms with E-state index in [0.29, 0.717) is 5.69 Å². The molecule has 1 aromatic heterocycles. The molecule has 22 heavy (non-hydrogen) atoms. The molecule has 120 valence electrons. The molecule has 6 nitrogen and oxygen atoms in total. The molecule has 0 fully saturated rings. The summed E-state index contributed by atoms with van der Waals surface area (Å²) in [5.41, 5.74) is 0.363. The van der Waals surface area contributed by atoms with Gasteiger partial charge in [0.15, 0.2) is 0 Å². The van der Waals surface area contributed by atoms with Crippen LogP contribution >= 0.6 is 0 Å². The molecular formula is C13H15F2N3O3S. The summed E-state index contributed by atoms with van der Waals surface area (Å²) in [5, 5.41) is 12.9. The molecule has 2 rings (SSSR count). The van der Waals surface area contributed by atoms with Crippen LogP contribution in [0.4, 0.5) is 14.5 Å². The Morgan fingerprint density at radius 2 is 1.95 bits per heavy atom. The molecule has 0 amide bonds. The van der Waals surface area contributed by atoms with Crippen molar-refractivity contribution < 1.29 is 22.3 Å². The Morgan fingerprint density at radius 3 is 2.50 bits per heavy atom. The molecule has 9 heteroatoms. The van der Waals surface area contributed by atoms with Gasteiger partial charge in [-0.3, -0.25) is 8.99 Å². The Morgan fingerprint density at radius 1 is 1.32 bits per heavy atom. The molecule has 1 heterocycles. The van der Waals surface area contributed by atoms with Crippen molar-refractivity contribution in [1.29, 1.82) is 0 Å². The first-order valence-electron chi connectivity index (χ1n) is 6.47. The second-order valence-corrected chi connectivity index (χ2v) is 6.34. The SMILES string of the molecule is CCN(c1ccc(O)cc1)S(=O)(=O)c1cnn(CC(F)F)c1. The summed E-state index contributed by atoms with van der Waals surface area (Å²) in [6.45, 7) is 1.13. The first kappa shape index (κ1) is 16.2. The van der Waals surface area contributed by atoms with Gasteiger partial charge < -0.3 is 5.11 Å². The maximum Gasteiger partial charge on any atom is 0.267 e. The van der Waals surface area contributed by atoms with Gasteiger partial charge in [-0.1, -0.05) is 0 Å². The molecule has 0 spiro atoms. The second kappa shape index (κ2) is 6.30. The molecule has 1 aromatic carbocycles. The van der Waals surface area contributed by atoms with E-state index >= 15 is 0 Å². The smallest absolute Gasteiger partial charge is 0.267 e. The van der Waals surface area contributed by atoms with Crippen molar-refractivity contribution in [3.63, 3.8) is 0 Å². The van der Waals surface area contributed by atoms with Gasteiger partial charge in [-0.2, -0.15) is 5.10 Å². The highest BCUT2D eigenvalue weighted by Gasteiger charge is 2.25. The molecule has 0 aliphatic carbocycles. The molecule has 0 radical (unpaired) electrons. The van der Waals surface area contributed by atoms with E-state index < -0.39 is 23.0 Å². The number of phenolic OH excluding ortho intramolecular Hbond substituents is 1. The fraction of sp³-hybridized carbons (Fsp3) is 0.308. The van der Waals surface area contributed by atoms with Crippen LogP contribution in [-0.4, -0.2) is 36.3 Å². The first-order chi connectivity index (χ1) is 10.3. The zero-order valence-corrected chi connectivity index (χ0v) is 12.5. The van der Waals surface area contributed by atoms with E-state index in [0.717, 1.165) is 21.4 Å². The average molecular weight is 331 g/mol. The van der Waals surface area contributed by atoms with Gasteiger partial charge in [-0.05, 0) is 31.2 Å². The van der Waals surface area contributed by atoms with E-state index in [4.69, 9.17) is 0 Å². The third-order valence-corrected chi connectivity index (χ3v) is 4.80. The van der Waals surface area contributed by atoms with Gasteiger partial charge in [0.25, 0.3) is 16.4 Å². The predicted octanol–water partition coefficient (Wildman–Crippen LogP) is 2.07. The Hall–Kier alpha value is -2.16. The van der Waals surface area contributed by atoms with Crippen molar-refractivity contribution in [2.75, 3.05) is 10.8 Å². The number of hydrogen-bond donors (Lipinski definition) is 1. The molecule has 0 bridgehead atoms. The maximum atomic E-state index is 12.6. The third-order valence-electron chi connectivity index (χ3n) is 2.95. The lowest BCUT2D eigenvalue weighted by Crippen LogP contribution is -2.30. The van der Waals surface area contributed by atoms with Gasteiger partial charge in [0.05, 0.1) is 11.9 Å². The molecule has 0 saturated heterocycles. The normalized spacial score (nSPS) is 11.8. The minimum atomic E-state index is -3.91. The number of anilines is 1. The topological polar surface area (TPSA) is 75.4 Å². The summed E-state index contributed by atoms with van der Waals surface area (Å²) >= 11 is 0. The molecule has 0 atom stereocenters. The third kappa shape index (κ3) is 3.35. The van der Waals surface area contributed by atoms with E-state index in [2.05, 4.69) is 5.10 Å². The molecule has 0 aliphatic rings. The largest absolute Gasteiger partial charge is 0.508 e. The highest BCUT2D eigenvalue weighted by molar-refractivity contribution is 7.92. The average Bonchev–Trinajstić information content (AvgIpc) is 2.90. The van der Waals surface area contributed by atoms with E-state index in [-0.39, 0.29) is 17.2 Å². The fourth-order valence-electron chi connectivity index (χ4n) is 1.96. The number of sulfonamides is 1. The van der Waals surface area contributed by atoms with Crippen LogP contribution in [0.2, 0.25) is 0 Å². The van der Waals surface area contributed by atoms with Gasteiger partial charge in [-0.25, -0.2) is 17.2 Å². The molecule has 0 saturated carbocycles. The highest BCUT2D eigenvalue weighted by Crippen LogP contribution is 2.25. The van der Waals surface area contributed by atoms with Crippen molar-refractivity contribution in [1.82, 2.24) is 9.78 Å². The van der Waals surface area contributed by atoms with Crippen molar-refractivity contribution in [2.45, 2.75) is 24.8 Å². The lowest BCUT2D eigenvalue weighted by Gasteiger charge is -2.22. The maximum absolute atomic E-state index is 12.6. The van der Waals surface area contributed by atoms with E-state index in [1.54, 1.807) is 6.92 Å². The highest BCUT2D eigenvalue weighted by atomic mass is 32.2. The van der Waals surface area contributed by atoms with Gasteiger partial charge in [-0.15, -0.1) is 0 Å². The fourth-order valence-corrected chi connectivity index (χ4v) is 3.39. The molecular weight excluding hydrogens is 316 g/mol. The minimum Gasteiger partial charge on any atom is -0.508 e. The number of phenols is 1. The lowest BCUT2D eigenvalue weighted by molar-refractivity contribution is 0.121. The molecule has 1 N–H and O–H groups in total. The number of alkyl halides is 2. The summed E-state index contributed by atoms with van der Waals surface area (Å²) in [4.78, 5) is -0.164. The van der Waals surface area contributed by atoms with E-state index in [9.17, 15) is 22.3 Å². The Balaban J connectivity index is 2.34. The molecule has 2 aromatic rings. The van der Waals surface area contributed by atoms with Crippen molar-refractivity contribution in [2.24, 2.45) is 0 Å². The number of aromatic nitrogens is 2. The minimum absolute atomic E-state index is 0.0157. The Labute approximate surface area is 126 Å². The van der Waals surface area contributed by atoms with Crippen LogP contribution in [0.5, 0.6) is 5.75 Å². The van der Waals surface area contributed by atoms with Gasteiger partial charge in [0.1, 0.15) is 17.2 Å². The summed E-state index contributed by atoms with van der Waals surface area (Å²) in [5.74, 6) is 0.0157. The zero-order valence-electron chi connectivity index (χ0n) is 11.7. The van der Waals surface area contributed by atoms with Crippen LogP contribution in [0.1, 0.15) is 6.92 Å². The summed E-state index contributed by atoms with van der Waals surface area (Å²) in [6, 6.07) is 5.65. The monoisotopic (exact) mass is 331 g/mol. The summed E-state index contributed by atoms with van der Waals surface area (Å²) in [7, 11) is -3.91. The number of benzene rings is 1. The predicted molar refractivity (Wildman–Crippen MR) is 76.5 cm³/mol. The van der Waals surface area contributed by atoms with Crippen LogP contribution in [0.15, 0.2) is 41.6 Å².